The summed E-state index contributed by atoms with van der Waals surface area (Å²) < 4.78 is 7.25. The van der Waals surface area contributed by atoms with E-state index in [0.717, 1.165) is 18.4 Å². The molecule has 1 aromatic carbocycles. The smallest absolute Gasteiger partial charge is 0.186 e. The van der Waals surface area contributed by atoms with E-state index in [1.54, 1.807) is 13.2 Å². The fourth-order valence-corrected chi connectivity index (χ4v) is 2.26. The Bertz CT molecular complexity index is 593. The number of methoxy groups -OCH3 is 1. The van der Waals surface area contributed by atoms with E-state index in [-0.39, 0.29) is 6.04 Å². The Balaban J connectivity index is 2.32. The Morgan fingerprint density at radius 2 is 2.00 bits per heavy atom. The van der Waals surface area contributed by atoms with Crippen LogP contribution in [0.25, 0.3) is 11.4 Å². The molecule has 2 rings (SSSR count). The highest BCUT2D eigenvalue weighted by molar-refractivity contribution is 5.67. The molecule has 1 heterocycles. The third-order valence-electron chi connectivity index (χ3n) is 3.54. The topological polar surface area (TPSA) is 78.8 Å². The number of aromatic nitrogens is 4. The van der Waals surface area contributed by atoms with Gasteiger partial charge in [-0.05, 0) is 48.2 Å². The zero-order valence-corrected chi connectivity index (χ0v) is 13.1. The molecule has 2 N–H and O–H groups in total. The summed E-state index contributed by atoms with van der Waals surface area (Å²) in [7, 11) is 1.62. The Morgan fingerprint density at radius 3 is 2.67 bits per heavy atom. The van der Waals surface area contributed by atoms with Crippen LogP contribution in [0.3, 0.4) is 0 Å². The monoisotopic (exact) mass is 289 g/mol. The van der Waals surface area contributed by atoms with E-state index in [1.165, 1.54) is 0 Å². The van der Waals surface area contributed by atoms with Crippen molar-refractivity contribution in [2.24, 2.45) is 5.92 Å². The molecule has 0 aliphatic heterocycles. The van der Waals surface area contributed by atoms with Gasteiger partial charge < -0.3 is 10.5 Å². The summed E-state index contributed by atoms with van der Waals surface area (Å²) in [5.74, 6) is 2.06. The molecule has 0 spiro atoms. The second kappa shape index (κ2) is 6.56. The molecule has 21 heavy (non-hydrogen) atoms. The van der Waals surface area contributed by atoms with Gasteiger partial charge in [0.25, 0.3) is 0 Å². The number of nitrogens with zero attached hydrogens (tertiary/aromatic N) is 4. The molecule has 1 aromatic heterocycles. The zero-order valence-electron chi connectivity index (χ0n) is 13.1. The third-order valence-corrected chi connectivity index (χ3v) is 3.54. The molecule has 1 atom stereocenters. The number of hydrogen-bond donors (Lipinski definition) is 1. The van der Waals surface area contributed by atoms with Gasteiger partial charge in [-0.2, -0.15) is 0 Å². The lowest BCUT2D eigenvalue weighted by Crippen LogP contribution is -2.10. The predicted molar refractivity (Wildman–Crippen MR) is 83.0 cm³/mol. The molecule has 6 heteroatoms. The Hall–Kier alpha value is -2.11. The maximum Gasteiger partial charge on any atom is 0.186 e. The lowest BCUT2D eigenvalue weighted by molar-refractivity contribution is 0.402. The van der Waals surface area contributed by atoms with Gasteiger partial charge in [-0.1, -0.05) is 13.8 Å². The average molecular weight is 289 g/mol. The van der Waals surface area contributed by atoms with Gasteiger partial charge in [0.2, 0.25) is 0 Å². The molecule has 0 radical (unpaired) electrons. The lowest BCUT2D eigenvalue weighted by atomic mass is 10.0. The molecule has 1 unspecified atom stereocenters. The Labute approximate surface area is 125 Å². The van der Waals surface area contributed by atoms with Crippen molar-refractivity contribution in [3.63, 3.8) is 0 Å². The summed E-state index contributed by atoms with van der Waals surface area (Å²) in [6.07, 6.45) is 2.17. The summed E-state index contributed by atoms with van der Waals surface area (Å²) in [5, 5.41) is 12.1. The maximum atomic E-state index is 5.80. The normalized spacial score (nSPS) is 12.6. The molecule has 0 saturated heterocycles. The standard InChI is InChI=1S/C15H23N5O/c1-10(2)5-6-11(3)20-15(17-18-19-20)13-8-7-12(16)9-14(13)21-4/h7-11H,5-6,16H2,1-4H3. The number of nitrogen functional groups attached to an aromatic ring is 1. The first-order valence-corrected chi connectivity index (χ1v) is 7.24. The minimum Gasteiger partial charge on any atom is -0.496 e. The minimum atomic E-state index is 0.236. The molecular formula is C15H23N5O. The van der Waals surface area contributed by atoms with Crippen LogP contribution in [0.5, 0.6) is 5.75 Å². The van der Waals surface area contributed by atoms with Crippen LogP contribution in [0.1, 0.15) is 39.7 Å². The highest BCUT2D eigenvalue weighted by Crippen LogP contribution is 2.31. The summed E-state index contributed by atoms with van der Waals surface area (Å²) in [6, 6.07) is 5.74. The maximum absolute atomic E-state index is 5.80. The van der Waals surface area contributed by atoms with Gasteiger partial charge in [-0.3, -0.25) is 0 Å². The summed E-state index contributed by atoms with van der Waals surface area (Å²) >= 11 is 0. The summed E-state index contributed by atoms with van der Waals surface area (Å²) in [5.41, 5.74) is 7.31. The van der Waals surface area contributed by atoms with Crippen molar-refractivity contribution in [3.05, 3.63) is 18.2 Å². The molecule has 0 bridgehead atoms. The zero-order chi connectivity index (χ0) is 15.4. The Morgan fingerprint density at radius 1 is 1.24 bits per heavy atom. The molecule has 0 aliphatic rings. The van der Waals surface area contributed by atoms with Crippen molar-refractivity contribution in [2.45, 2.75) is 39.7 Å². The van der Waals surface area contributed by atoms with Crippen LogP contribution in [0.4, 0.5) is 5.69 Å². The van der Waals surface area contributed by atoms with E-state index in [9.17, 15) is 0 Å². The molecular weight excluding hydrogens is 266 g/mol. The number of nitrogens with two attached hydrogens (primary N) is 1. The van der Waals surface area contributed by atoms with E-state index in [2.05, 4.69) is 36.3 Å². The second-order valence-corrected chi connectivity index (χ2v) is 5.73. The lowest BCUT2D eigenvalue weighted by Gasteiger charge is -2.16. The van der Waals surface area contributed by atoms with Crippen LogP contribution in [-0.2, 0) is 0 Å². The van der Waals surface area contributed by atoms with Gasteiger partial charge in [0.1, 0.15) is 5.75 Å². The first-order chi connectivity index (χ1) is 10.0. The van der Waals surface area contributed by atoms with Gasteiger partial charge in [-0.25, -0.2) is 4.68 Å². The average Bonchev–Trinajstić information content (AvgIpc) is 2.93. The van der Waals surface area contributed by atoms with Crippen molar-refractivity contribution in [2.75, 3.05) is 12.8 Å². The predicted octanol–water partition coefficient (Wildman–Crippen LogP) is 2.93. The van der Waals surface area contributed by atoms with Gasteiger partial charge in [0, 0.05) is 11.8 Å². The van der Waals surface area contributed by atoms with Crippen molar-refractivity contribution in [1.82, 2.24) is 20.2 Å². The van der Waals surface area contributed by atoms with Gasteiger partial charge in [0.05, 0.1) is 18.7 Å². The first kappa shape index (κ1) is 15.3. The first-order valence-electron chi connectivity index (χ1n) is 7.24. The minimum absolute atomic E-state index is 0.236. The highest BCUT2D eigenvalue weighted by atomic mass is 16.5. The van der Waals surface area contributed by atoms with E-state index >= 15 is 0 Å². The third kappa shape index (κ3) is 3.51. The van der Waals surface area contributed by atoms with Gasteiger partial charge in [-0.15, -0.1) is 5.10 Å². The van der Waals surface area contributed by atoms with Crippen LogP contribution in [0, 0.1) is 5.92 Å². The Kier molecular flexibility index (Phi) is 4.77. The second-order valence-electron chi connectivity index (χ2n) is 5.73. The van der Waals surface area contributed by atoms with Gasteiger partial charge >= 0.3 is 0 Å². The molecule has 0 fully saturated rings. The van der Waals surface area contributed by atoms with E-state index < -0.39 is 0 Å². The summed E-state index contributed by atoms with van der Waals surface area (Å²) in [4.78, 5) is 0. The van der Waals surface area contributed by atoms with Crippen LogP contribution in [-0.4, -0.2) is 27.3 Å². The van der Waals surface area contributed by atoms with Crippen molar-refractivity contribution in [3.8, 4) is 17.1 Å². The molecule has 0 saturated carbocycles. The summed E-state index contributed by atoms with van der Waals surface area (Å²) in [6.45, 7) is 6.57. The van der Waals surface area contributed by atoms with Crippen LogP contribution < -0.4 is 10.5 Å². The van der Waals surface area contributed by atoms with E-state index in [0.29, 0.717) is 23.2 Å². The number of benzene rings is 1. The van der Waals surface area contributed by atoms with Crippen molar-refractivity contribution < 1.29 is 4.74 Å². The van der Waals surface area contributed by atoms with Crippen LogP contribution in [0.15, 0.2) is 18.2 Å². The largest absolute Gasteiger partial charge is 0.496 e. The molecule has 0 amide bonds. The number of tetrazole rings is 1. The number of hydrogen-bond acceptors (Lipinski definition) is 5. The van der Waals surface area contributed by atoms with Crippen molar-refractivity contribution in [1.29, 1.82) is 0 Å². The van der Waals surface area contributed by atoms with E-state index in [1.807, 2.05) is 16.8 Å². The van der Waals surface area contributed by atoms with Gasteiger partial charge in [0.15, 0.2) is 5.82 Å². The molecule has 114 valence electrons. The SMILES string of the molecule is COc1cc(N)ccc1-c1nnnn1C(C)CCC(C)C. The van der Waals surface area contributed by atoms with Crippen molar-refractivity contribution >= 4 is 5.69 Å². The quantitative estimate of drug-likeness (QED) is 0.827. The van der Waals surface area contributed by atoms with Crippen LogP contribution in [0.2, 0.25) is 0 Å². The fraction of sp³-hybridized carbons (Fsp3) is 0.533. The molecule has 2 aromatic rings. The number of rotatable bonds is 6. The fourth-order valence-electron chi connectivity index (χ4n) is 2.26. The highest BCUT2D eigenvalue weighted by Gasteiger charge is 2.18. The molecule has 6 nitrogen and oxygen atoms in total. The number of ether oxygens (including phenoxy) is 1. The number of anilines is 1. The molecule has 0 aliphatic carbocycles. The van der Waals surface area contributed by atoms with Crippen LogP contribution >= 0.6 is 0 Å². The van der Waals surface area contributed by atoms with E-state index in [4.69, 9.17) is 10.5 Å².